The van der Waals surface area contributed by atoms with E-state index in [2.05, 4.69) is 4.98 Å². The molecular weight excluding hydrogens is 292 g/mol. The number of benzene rings is 1. The monoisotopic (exact) mass is 314 g/mol. The highest BCUT2D eigenvalue weighted by Gasteiger charge is 2.10. The molecule has 0 aliphatic heterocycles. The normalized spacial score (nSPS) is 10.7. The van der Waals surface area contributed by atoms with Gasteiger partial charge >= 0.3 is 5.97 Å². The summed E-state index contributed by atoms with van der Waals surface area (Å²) in [5, 5.41) is 8.98. The number of hydrogen-bond donors (Lipinski definition) is 1. The van der Waals surface area contributed by atoms with Crippen LogP contribution in [-0.4, -0.2) is 34.0 Å². The maximum Gasteiger partial charge on any atom is 0.317 e. The first-order valence-corrected chi connectivity index (χ1v) is 7.73. The van der Waals surface area contributed by atoms with E-state index in [0.29, 0.717) is 13.2 Å². The van der Waals surface area contributed by atoms with Gasteiger partial charge in [0.25, 0.3) is 0 Å². The van der Waals surface area contributed by atoms with Gasteiger partial charge in [0, 0.05) is 12.7 Å². The Morgan fingerprint density at radius 1 is 1.26 bits per heavy atom. The summed E-state index contributed by atoms with van der Waals surface area (Å²) < 4.78 is 5.76. The molecule has 1 aromatic carbocycles. The summed E-state index contributed by atoms with van der Waals surface area (Å²) in [4.78, 5) is 17.1. The van der Waals surface area contributed by atoms with E-state index < -0.39 is 5.97 Å². The molecule has 23 heavy (non-hydrogen) atoms. The summed E-state index contributed by atoms with van der Waals surface area (Å²) in [7, 11) is 0. The third-order valence-corrected chi connectivity index (χ3v) is 3.32. The van der Waals surface area contributed by atoms with Gasteiger partial charge in [0.05, 0.1) is 12.2 Å². The van der Waals surface area contributed by atoms with Crippen LogP contribution >= 0.6 is 0 Å². The Balaban J connectivity index is 1.96. The number of aromatic nitrogens is 1. The molecule has 0 fully saturated rings. The number of carboxylic acid groups (broad SMARTS) is 1. The van der Waals surface area contributed by atoms with Crippen LogP contribution in [-0.2, 0) is 17.9 Å². The molecular formula is C18H22N2O3. The number of hydrogen-bond acceptors (Lipinski definition) is 4. The Hall–Kier alpha value is -2.40. The first kappa shape index (κ1) is 17.0. The van der Waals surface area contributed by atoms with Crippen LogP contribution in [0.1, 0.15) is 24.6 Å². The summed E-state index contributed by atoms with van der Waals surface area (Å²) in [6, 6.07) is 13.5. The highest BCUT2D eigenvalue weighted by atomic mass is 16.5. The lowest BCUT2D eigenvalue weighted by molar-refractivity contribution is -0.138. The highest BCUT2D eigenvalue weighted by molar-refractivity contribution is 5.69. The van der Waals surface area contributed by atoms with Crippen LogP contribution in [0.15, 0.2) is 48.7 Å². The molecule has 1 heterocycles. The lowest BCUT2D eigenvalue weighted by Crippen LogP contribution is -2.30. The minimum absolute atomic E-state index is 0.0485. The van der Waals surface area contributed by atoms with E-state index in [0.717, 1.165) is 30.0 Å². The van der Waals surface area contributed by atoms with Crippen molar-refractivity contribution in [3.8, 4) is 5.75 Å². The lowest BCUT2D eigenvalue weighted by Gasteiger charge is -2.19. The molecule has 2 rings (SSSR count). The van der Waals surface area contributed by atoms with Crippen LogP contribution < -0.4 is 4.74 Å². The zero-order valence-electron chi connectivity index (χ0n) is 13.3. The minimum Gasteiger partial charge on any atom is -0.487 e. The predicted octanol–water partition coefficient (Wildman–Crippen LogP) is 2.96. The molecule has 5 nitrogen and oxygen atoms in total. The van der Waals surface area contributed by atoms with E-state index in [-0.39, 0.29) is 6.54 Å². The van der Waals surface area contributed by atoms with Gasteiger partial charge in [0.15, 0.2) is 0 Å². The molecule has 122 valence electrons. The van der Waals surface area contributed by atoms with Crippen molar-refractivity contribution in [2.75, 3.05) is 13.1 Å². The average Bonchev–Trinajstić information content (AvgIpc) is 2.54. The summed E-state index contributed by atoms with van der Waals surface area (Å²) in [5.74, 6) is -0.0408. The van der Waals surface area contributed by atoms with Gasteiger partial charge < -0.3 is 9.84 Å². The second-order valence-electron chi connectivity index (χ2n) is 5.36. The van der Waals surface area contributed by atoms with Crippen molar-refractivity contribution in [1.82, 2.24) is 9.88 Å². The molecule has 0 bridgehead atoms. The molecule has 0 aliphatic rings. The standard InChI is InChI=1S/C18H22N2O3/c1-2-10-20(13-18(21)22)12-15-6-5-8-17(11-15)23-14-16-7-3-4-9-19-16/h3-9,11H,2,10,12-14H2,1H3,(H,21,22). The van der Waals surface area contributed by atoms with Crippen molar-refractivity contribution < 1.29 is 14.6 Å². The number of aliphatic carboxylic acids is 1. The predicted molar refractivity (Wildman–Crippen MR) is 88.2 cm³/mol. The fourth-order valence-corrected chi connectivity index (χ4v) is 2.35. The van der Waals surface area contributed by atoms with Gasteiger partial charge in [-0.15, -0.1) is 0 Å². The topological polar surface area (TPSA) is 62.7 Å². The number of carbonyl (C=O) groups is 1. The quantitative estimate of drug-likeness (QED) is 0.771. The van der Waals surface area contributed by atoms with Gasteiger partial charge in [0.2, 0.25) is 0 Å². The summed E-state index contributed by atoms with van der Waals surface area (Å²) >= 11 is 0. The molecule has 0 radical (unpaired) electrons. The molecule has 1 N–H and O–H groups in total. The number of ether oxygens (including phenoxy) is 1. The molecule has 2 aromatic rings. The maximum atomic E-state index is 10.9. The Morgan fingerprint density at radius 2 is 2.13 bits per heavy atom. The first-order chi connectivity index (χ1) is 11.2. The van der Waals surface area contributed by atoms with Crippen LogP contribution in [0.4, 0.5) is 0 Å². The molecule has 0 saturated heterocycles. The maximum absolute atomic E-state index is 10.9. The molecule has 0 saturated carbocycles. The van der Waals surface area contributed by atoms with Gasteiger partial charge in [-0.05, 0) is 42.8 Å². The summed E-state index contributed by atoms with van der Waals surface area (Å²) in [6.45, 7) is 3.86. The van der Waals surface area contributed by atoms with Gasteiger partial charge in [-0.1, -0.05) is 25.1 Å². The Kier molecular flexibility index (Phi) is 6.56. The molecule has 0 spiro atoms. The Bertz CT molecular complexity index is 617. The number of nitrogens with zero attached hydrogens (tertiary/aromatic N) is 2. The van der Waals surface area contributed by atoms with E-state index in [1.54, 1.807) is 6.20 Å². The number of pyridine rings is 1. The van der Waals surface area contributed by atoms with E-state index in [1.807, 2.05) is 54.3 Å². The third-order valence-electron chi connectivity index (χ3n) is 3.32. The smallest absolute Gasteiger partial charge is 0.317 e. The first-order valence-electron chi connectivity index (χ1n) is 7.73. The number of carboxylic acids is 1. The highest BCUT2D eigenvalue weighted by Crippen LogP contribution is 2.16. The van der Waals surface area contributed by atoms with Crippen molar-refractivity contribution in [2.45, 2.75) is 26.5 Å². The van der Waals surface area contributed by atoms with E-state index >= 15 is 0 Å². The van der Waals surface area contributed by atoms with Crippen LogP contribution in [0.5, 0.6) is 5.75 Å². The average molecular weight is 314 g/mol. The van der Waals surface area contributed by atoms with Crippen molar-refractivity contribution >= 4 is 5.97 Å². The van der Waals surface area contributed by atoms with Gasteiger partial charge in [-0.3, -0.25) is 14.7 Å². The second-order valence-corrected chi connectivity index (χ2v) is 5.36. The Labute approximate surface area is 136 Å². The molecule has 0 atom stereocenters. The lowest BCUT2D eigenvalue weighted by atomic mass is 10.2. The number of rotatable bonds is 9. The van der Waals surface area contributed by atoms with Crippen LogP contribution in [0.2, 0.25) is 0 Å². The van der Waals surface area contributed by atoms with Gasteiger partial charge in [0.1, 0.15) is 12.4 Å². The fourth-order valence-electron chi connectivity index (χ4n) is 2.35. The van der Waals surface area contributed by atoms with E-state index in [1.165, 1.54) is 0 Å². The van der Waals surface area contributed by atoms with Gasteiger partial charge in [-0.25, -0.2) is 0 Å². The van der Waals surface area contributed by atoms with Crippen molar-refractivity contribution in [3.05, 3.63) is 59.9 Å². The molecule has 5 heteroatoms. The molecule has 0 aliphatic carbocycles. The summed E-state index contributed by atoms with van der Waals surface area (Å²) in [6.07, 6.45) is 2.66. The van der Waals surface area contributed by atoms with Crippen LogP contribution in [0.3, 0.4) is 0 Å². The third kappa shape index (κ3) is 6.08. The SMILES string of the molecule is CCCN(CC(=O)O)Cc1cccc(OCc2ccccn2)c1. The fraction of sp³-hybridized carbons (Fsp3) is 0.333. The van der Waals surface area contributed by atoms with Crippen molar-refractivity contribution in [1.29, 1.82) is 0 Å². The molecule has 0 unspecified atom stereocenters. The zero-order valence-corrected chi connectivity index (χ0v) is 13.3. The van der Waals surface area contributed by atoms with E-state index in [4.69, 9.17) is 9.84 Å². The molecule has 1 aromatic heterocycles. The zero-order chi connectivity index (χ0) is 16.5. The van der Waals surface area contributed by atoms with Crippen LogP contribution in [0, 0.1) is 0 Å². The van der Waals surface area contributed by atoms with Gasteiger partial charge in [-0.2, -0.15) is 0 Å². The summed E-state index contributed by atoms with van der Waals surface area (Å²) in [5.41, 5.74) is 1.91. The van der Waals surface area contributed by atoms with Crippen molar-refractivity contribution in [2.24, 2.45) is 0 Å². The van der Waals surface area contributed by atoms with Crippen LogP contribution in [0.25, 0.3) is 0 Å². The minimum atomic E-state index is -0.805. The molecule has 0 amide bonds. The largest absolute Gasteiger partial charge is 0.487 e. The van der Waals surface area contributed by atoms with Crippen molar-refractivity contribution in [3.63, 3.8) is 0 Å². The second kappa shape index (κ2) is 8.90. The Morgan fingerprint density at radius 3 is 2.83 bits per heavy atom. The van der Waals surface area contributed by atoms with E-state index in [9.17, 15) is 4.79 Å².